The minimum Gasteiger partial charge on any atom is -0.450 e. The molecule has 120 valence electrons. The predicted octanol–water partition coefficient (Wildman–Crippen LogP) is 3.89. The van der Waals surface area contributed by atoms with E-state index in [0.717, 1.165) is 15.3 Å². The van der Waals surface area contributed by atoms with Crippen molar-refractivity contribution in [2.75, 3.05) is 0 Å². The number of aromatic nitrogens is 2. The van der Waals surface area contributed by atoms with Gasteiger partial charge >= 0.3 is 5.97 Å². The highest BCUT2D eigenvalue weighted by Gasteiger charge is 2.19. The van der Waals surface area contributed by atoms with Gasteiger partial charge in [0, 0.05) is 9.75 Å². The van der Waals surface area contributed by atoms with Crippen molar-refractivity contribution in [3.63, 3.8) is 0 Å². The summed E-state index contributed by atoms with van der Waals surface area (Å²) < 4.78 is 5.42. The molecule has 0 saturated heterocycles. The number of nitrogens with zero attached hydrogens (tertiary/aromatic N) is 1. The van der Waals surface area contributed by atoms with Crippen LogP contribution >= 0.6 is 22.7 Å². The fourth-order valence-corrected chi connectivity index (χ4v) is 4.07. The van der Waals surface area contributed by atoms with Crippen LogP contribution in [0.2, 0.25) is 0 Å². The average molecular weight is 348 g/mol. The molecular weight excluding hydrogens is 332 g/mol. The van der Waals surface area contributed by atoms with Crippen molar-refractivity contribution in [1.82, 2.24) is 9.97 Å². The van der Waals surface area contributed by atoms with Gasteiger partial charge in [0.2, 0.25) is 0 Å². The summed E-state index contributed by atoms with van der Waals surface area (Å²) in [5.41, 5.74) is 0.755. The molecule has 1 atom stereocenters. The van der Waals surface area contributed by atoms with E-state index in [1.165, 1.54) is 22.7 Å². The molecule has 3 rings (SSSR count). The third kappa shape index (κ3) is 2.94. The van der Waals surface area contributed by atoms with Crippen molar-refractivity contribution in [2.24, 2.45) is 0 Å². The van der Waals surface area contributed by atoms with Crippen molar-refractivity contribution in [1.29, 1.82) is 0 Å². The summed E-state index contributed by atoms with van der Waals surface area (Å²) in [7, 11) is 0. The molecule has 0 bridgehead atoms. The second kappa shape index (κ2) is 5.90. The van der Waals surface area contributed by atoms with Crippen LogP contribution in [0.1, 0.15) is 43.8 Å². The molecule has 0 unspecified atom stereocenters. The van der Waals surface area contributed by atoms with Gasteiger partial charge in [-0.25, -0.2) is 9.78 Å². The van der Waals surface area contributed by atoms with Gasteiger partial charge in [0.1, 0.15) is 9.71 Å². The molecule has 0 radical (unpaired) electrons. The van der Waals surface area contributed by atoms with Crippen LogP contribution in [0.4, 0.5) is 0 Å². The molecule has 3 aromatic heterocycles. The lowest BCUT2D eigenvalue weighted by molar-refractivity contribution is 0.0326. The molecule has 0 amide bonds. The fraction of sp³-hybridized carbons (Fsp3) is 0.312. The van der Waals surface area contributed by atoms with Crippen LogP contribution in [0.5, 0.6) is 0 Å². The zero-order valence-electron chi connectivity index (χ0n) is 13.2. The molecule has 1 N–H and O–H groups in total. The molecule has 0 fully saturated rings. The molecule has 0 spiro atoms. The van der Waals surface area contributed by atoms with Gasteiger partial charge in [0.15, 0.2) is 11.9 Å². The summed E-state index contributed by atoms with van der Waals surface area (Å²) in [4.78, 5) is 34.9. The Kier molecular flexibility index (Phi) is 4.08. The van der Waals surface area contributed by atoms with Crippen molar-refractivity contribution in [2.45, 2.75) is 33.8 Å². The Labute approximate surface area is 141 Å². The van der Waals surface area contributed by atoms with Gasteiger partial charge in [-0.3, -0.25) is 4.79 Å². The number of hydrogen-bond acceptors (Lipinski definition) is 6. The van der Waals surface area contributed by atoms with E-state index in [1.807, 2.05) is 26.8 Å². The van der Waals surface area contributed by atoms with E-state index >= 15 is 0 Å². The van der Waals surface area contributed by atoms with E-state index in [4.69, 9.17) is 4.74 Å². The Morgan fingerprint density at radius 2 is 2.00 bits per heavy atom. The Balaban J connectivity index is 1.90. The summed E-state index contributed by atoms with van der Waals surface area (Å²) >= 11 is 2.85. The fourth-order valence-electron chi connectivity index (χ4n) is 2.28. The zero-order chi connectivity index (χ0) is 16.7. The van der Waals surface area contributed by atoms with Crippen LogP contribution in [-0.2, 0) is 4.74 Å². The van der Waals surface area contributed by atoms with Crippen LogP contribution in [0.3, 0.4) is 0 Å². The highest BCUT2D eigenvalue weighted by Crippen LogP contribution is 2.27. The Bertz CT molecular complexity index is 952. The van der Waals surface area contributed by atoms with Crippen molar-refractivity contribution >= 4 is 38.9 Å². The maximum Gasteiger partial charge on any atom is 0.349 e. The molecule has 0 aromatic carbocycles. The van der Waals surface area contributed by atoms with Crippen LogP contribution in [0.15, 0.2) is 16.9 Å². The Hall–Kier alpha value is -1.99. The van der Waals surface area contributed by atoms with Gasteiger partial charge in [-0.05, 0) is 45.4 Å². The minimum absolute atomic E-state index is 0.193. The normalized spacial score (nSPS) is 12.5. The smallest absolute Gasteiger partial charge is 0.349 e. The van der Waals surface area contributed by atoms with Crippen LogP contribution < -0.4 is 5.56 Å². The van der Waals surface area contributed by atoms with Crippen LogP contribution in [0.25, 0.3) is 10.2 Å². The Morgan fingerprint density at radius 1 is 1.26 bits per heavy atom. The largest absolute Gasteiger partial charge is 0.450 e. The number of H-pyrrole nitrogens is 1. The summed E-state index contributed by atoms with van der Waals surface area (Å²) in [6.45, 7) is 7.51. The highest BCUT2D eigenvalue weighted by atomic mass is 32.1. The number of aryl methyl sites for hydroxylation is 3. The summed E-state index contributed by atoms with van der Waals surface area (Å²) in [5, 5.41) is 0.614. The van der Waals surface area contributed by atoms with Crippen molar-refractivity contribution < 1.29 is 9.53 Å². The van der Waals surface area contributed by atoms with E-state index in [-0.39, 0.29) is 5.56 Å². The minimum atomic E-state index is -0.621. The molecule has 23 heavy (non-hydrogen) atoms. The molecule has 0 aliphatic carbocycles. The number of nitrogens with one attached hydrogen (secondary N) is 1. The van der Waals surface area contributed by atoms with E-state index in [2.05, 4.69) is 9.97 Å². The van der Waals surface area contributed by atoms with Gasteiger partial charge in [-0.1, -0.05) is 0 Å². The van der Waals surface area contributed by atoms with E-state index in [9.17, 15) is 9.59 Å². The van der Waals surface area contributed by atoms with Crippen molar-refractivity contribution in [3.8, 4) is 0 Å². The molecule has 5 nitrogen and oxygen atoms in total. The Morgan fingerprint density at radius 3 is 2.65 bits per heavy atom. The van der Waals surface area contributed by atoms with Gasteiger partial charge in [0.25, 0.3) is 5.56 Å². The standard InChI is InChI=1S/C16H16N2O3S2/c1-7-5-6-11(22-7)16(20)21-9(3)13-17-14(19)12-8(2)10(4)23-15(12)18-13/h5-6,9H,1-4H3,(H,17,18,19)/t9-/m1/s1. The number of aromatic amines is 1. The van der Waals surface area contributed by atoms with Gasteiger partial charge in [-0.2, -0.15) is 0 Å². The van der Waals surface area contributed by atoms with Gasteiger partial charge in [-0.15, -0.1) is 22.7 Å². The highest BCUT2D eigenvalue weighted by molar-refractivity contribution is 7.18. The average Bonchev–Trinajstić information content (AvgIpc) is 3.03. The lowest BCUT2D eigenvalue weighted by Crippen LogP contribution is -2.16. The van der Waals surface area contributed by atoms with E-state index in [1.54, 1.807) is 13.0 Å². The number of hydrogen-bond donors (Lipinski definition) is 1. The van der Waals surface area contributed by atoms with Gasteiger partial charge in [0.05, 0.1) is 5.39 Å². The van der Waals surface area contributed by atoms with Crippen LogP contribution in [0, 0.1) is 20.8 Å². The van der Waals surface area contributed by atoms with E-state index in [0.29, 0.717) is 20.9 Å². The first kappa shape index (κ1) is 15.9. The summed E-state index contributed by atoms with van der Waals surface area (Å²) in [6, 6.07) is 3.61. The zero-order valence-corrected chi connectivity index (χ0v) is 14.9. The number of esters is 1. The first-order valence-electron chi connectivity index (χ1n) is 7.14. The number of fused-ring (bicyclic) bond motifs is 1. The maximum absolute atomic E-state index is 12.3. The summed E-state index contributed by atoms with van der Waals surface area (Å²) in [6.07, 6.45) is -0.621. The number of rotatable bonds is 3. The molecular formula is C16H16N2O3S2. The molecule has 7 heteroatoms. The summed E-state index contributed by atoms with van der Waals surface area (Å²) in [5.74, 6) is -0.0396. The topological polar surface area (TPSA) is 72.0 Å². The predicted molar refractivity (Wildman–Crippen MR) is 92.6 cm³/mol. The lowest BCUT2D eigenvalue weighted by atomic mass is 10.2. The SMILES string of the molecule is Cc1ccc(C(=O)O[C@H](C)c2nc3sc(C)c(C)c3c(=O)[nH]2)s1. The monoisotopic (exact) mass is 348 g/mol. The third-order valence-corrected chi connectivity index (χ3v) is 5.75. The first-order chi connectivity index (χ1) is 10.9. The molecule has 0 aliphatic rings. The third-order valence-electron chi connectivity index (χ3n) is 3.67. The number of carbonyl (C=O) groups excluding carboxylic acids is 1. The maximum atomic E-state index is 12.3. The quantitative estimate of drug-likeness (QED) is 0.729. The first-order valence-corrected chi connectivity index (χ1v) is 8.77. The lowest BCUT2D eigenvalue weighted by Gasteiger charge is -2.11. The molecule has 3 heterocycles. The van der Waals surface area contributed by atoms with Gasteiger partial charge < -0.3 is 9.72 Å². The second-order valence-corrected chi connectivity index (χ2v) is 7.86. The van der Waals surface area contributed by atoms with Crippen molar-refractivity contribution in [3.05, 3.63) is 48.5 Å². The number of thiophene rings is 2. The van der Waals surface area contributed by atoms with E-state index < -0.39 is 12.1 Å². The molecule has 0 saturated carbocycles. The molecule has 3 aromatic rings. The number of ether oxygens (including phenoxy) is 1. The molecule has 0 aliphatic heterocycles. The number of carbonyl (C=O) groups is 1. The second-order valence-electron chi connectivity index (χ2n) is 5.37. The van der Waals surface area contributed by atoms with Crippen LogP contribution in [-0.4, -0.2) is 15.9 Å².